The molecule has 0 radical (unpaired) electrons. The van der Waals surface area contributed by atoms with E-state index in [-0.39, 0.29) is 17.9 Å². The van der Waals surface area contributed by atoms with Crippen LogP contribution in [-0.4, -0.2) is 30.2 Å². The summed E-state index contributed by atoms with van der Waals surface area (Å²) in [7, 11) is 1.67. The lowest BCUT2D eigenvalue weighted by atomic mass is 9.62. The second-order valence-corrected chi connectivity index (χ2v) is 9.98. The van der Waals surface area contributed by atoms with Gasteiger partial charge in [0.1, 0.15) is 23.2 Å². The Morgan fingerprint density at radius 2 is 2.00 bits per heavy atom. The van der Waals surface area contributed by atoms with Crippen molar-refractivity contribution in [2.24, 2.45) is 17.3 Å². The van der Waals surface area contributed by atoms with Crippen molar-refractivity contribution in [1.82, 2.24) is 0 Å². The van der Waals surface area contributed by atoms with Gasteiger partial charge in [0.2, 0.25) is 0 Å². The van der Waals surface area contributed by atoms with Gasteiger partial charge < -0.3 is 14.6 Å². The van der Waals surface area contributed by atoms with Crippen molar-refractivity contribution in [1.29, 1.82) is 0 Å². The van der Waals surface area contributed by atoms with Crippen molar-refractivity contribution in [3.05, 3.63) is 52.6 Å². The lowest BCUT2D eigenvalue weighted by molar-refractivity contribution is -0.118. The molecule has 1 heterocycles. The molecule has 4 aliphatic rings. The summed E-state index contributed by atoms with van der Waals surface area (Å²) in [6, 6.07) is 8.13. The van der Waals surface area contributed by atoms with Crippen LogP contribution in [0, 0.1) is 29.1 Å². The summed E-state index contributed by atoms with van der Waals surface area (Å²) in [5.74, 6) is 7.84. The summed E-state index contributed by atoms with van der Waals surface area (Å²) >= 11 is 0. The average Bonchev–Trinajstić information content (AvgIpc) is 2.96. The molecule has 1 aliphatic heterocycles. The lowest BCUT2D eigenvalue weighted by Gasteiger charge is -2.42. The van der Waals surface area contributed by atoms with Crippen LogP contribution in [0.1, 0.15) is 64.0 Å². The Kier molecular flexibility index (Phi) is 5.31. The second kappa shape index (κ2) is 7.90. The number of fused-ring (bicyclic) bond motifs is 4. The molecule has 168 valence electrons. The molecular formula is C28H32O4. The summed E-state index contributed by atoms with van der Waals surface area (Å²) in [5.41, 5.74) is 3.48. The first kappa shape index (κ1) is 21.5. The van der Waals surface area contributed by atoms with Gasteiger partial charge in [0, 0.05) is 18.3 Å². The van der Waals surface area contributed by atoms with Gasteiger partial charge >= 0.3 is 0 Å². The molecule has 0 bridgehead atoms. The minimum absolute atomic E-state index is 0.181. The molecule has 4 nitrogen and oxygen atoms in total. The van der Waals surface area contributed by atoms with E-state index < -0.39 is 11.0 Å². The monoisotopic (exact) mass is 432 g/mol. The second-order valence-electron chi connectivity index (χ2n) is 9.98. The summed E-state index contributed by atoms with van der Waals surface area (Å²) in [5, 5.41) is 11.6. The number of allylic oxidation sites excluding steroid dienone is 3. The van der Waals surface area contributed by atoms with Gasteiger partial charge in [-0.3, -0.25) is 4.79 Å². The maximum atomic E-state index is 12.2. The number of hydrogen-bond acceptors (Lipinski definition) is 4. The Balaban J connectivity index is 1.65. The first-order valence-electron chi connectivity index (χ1n) is 11.8. The Morgan fingerprint density at radius 1 is 1.22 bits per heavy atom. The van der Waals surface area contributed by atoms with Crippen molar-refractivity contribution >= 4 is 5.78 Å². The van der Waals surface area contributed by atoms with Crippen LogP contribution in [0.25, 0.3) is 0 Å². The van der Waals surface area contributed by atoms with Gasteiger partial charge in [-0.25, -0.2) is 0 Å². The van der Waals surface area contributed by atoms with Crippen LogP contribution in [0.15, 0.2) is 47.1 Å². The summed E-state index contributed by atoms with van der Waals surface area (Å²) in [6.45, 7) is 4.42. The maximum absolute atomic E-state index is 12.2. The Labute approximate surface area is 190 Å². The molecule has 3 aliphatic carbocycles. The normalized spacial score (nSPS) is 36.2. The van der Waals surface area contributed by atoms with Gasteiger partial charge in [0.05, 0.1) is 13.7 Å². The van der Waals surface area contributed by atoms with E-state index in [9.17, 15) is 9.90 Å². The number of Topliss-reactive ketones (excluding diaryl/α,β-unsaturated/α-hetero) is 1. The fourth-order valence-corrected chi connectivity index (χ4v) is 6.67. The summed E-state index contributed by atoms with van der Waals surface area (Å²) < 4.78 is 12.1. The average molecular weight is 433 g/mol. The summed E-state index contributed by atoms with van der Waals surface area (Å²) in [6.07, 6.45) is 6.55. The minimum atomic E-state index is -1.04. The fraction of sp³-hybridized carbons (Fsp3) is 0.536. The van der Waals surface area contributed by atoms with E-state index in [1.54, 1.807) is 14.0 Å². The maximum Gasteiger partial charge on any atom is 0.137 e. The van der Waals surface area contributed by atoms with Crippen molar-refractivity contribution in [3.8, 4) is 17.6 Å². The van der Waals surface area contributed by atoms with Gasteiger partial charge in [-0.1, -0.05) is 31.1 Å². The molecule has 5 atom stereocenters. The van der Waals surface area contributed by atoms with Crippen molar-refractivity contribution in [3.63, 3.8) is 0 Å². The standard InChI is InChI=1S/C28H32O4/c1-4-14-28(30)15-13-24-23-11-7-19-16-20(29)8-12-22(19)25(23)26(32-17-27(24,28)2)18-5-9-21(31-3)10-6-18/h5-7,9-10,23-24,26,30H,8,11-13,15-17H2,1-3H3/t23?,24?,26-,27-,28-/m0/s1. The van der Waals surface area contributed by atoms with Gasteiger partial charge in [-0.2, -0.15) is 0 Å². The molecule has 2 unspecified atom stereocenters. The van der Waals surface area contributed by atoms with Gasteiger partial charge in [0.25, 0.3) is 0 Å². The third-order valence-electron chi connectivity index (χ3n) is 8.44. The predicted octanol–water partition coefficient (Wildman–Crippen LogP) is 4.93. The number of aliphatic hydroxyl groups is 1. The number of benzene rings is 1. The first-order chi connectivity index (χ1) is 15.4. The van der Waals surface area contributed by atoms with Crippen molar-refractivity contribution < 1.29 is 19.4 Å². The Morgan fingerprint density at radius 3 is 2.72 bits per heavy atom. The largest absolute Gasteiger partial charge is 0.497 e. The molecule has 2 saturated carbocycles. The van der Waals surface area contributed by atoms with Crippen LogP contribution in [0.2, 0.25) is 0 Å². The number of carbonyl (C=O) groups excluding carboxylic acids is 1. The number of methoxy groups -OCH3 is 1. The zero-order valence-electron chi connectivity index (χ0n) is 19.2. The molecule has 4 heteroatoms. The van der Waals surface area contributed by atoms with Crippen LogP contribution < -0.4 is 4.74 Å². The lowest BCUT2D eigenvalue weighted by Crippen LogP contribution is -2.48. The SMILES string of the molecule is CC#C[C@]1(O)CCC2C3CC=C4CC(=O)CCC4=C3[C@H](c3ccc(OC)cc3)OC[C@@]21C. The predicted molar refractivity (Wildman–Crippen MR) is 123 cm³/mol. The van der Waals surface area contributed by atoms with Crippen molar-refractivity contribution in [2.45, 2.75) is 64.1 Å². The molecule has 1 saturated heterocycles. The van der Waals surface area contributed by atoms with Crippen LogP contribution in [0.4, 0.5) is 0 Å². The number of ether oxygens (including phenoxy) is 2. The quantitative estimate of drug-likeness (QED) is 0.673. The molecule has 1 aromatic rings. The number of rotatable bonds is 2. The van der Waals surface area contributed by atoms with E-state index in [4.69, 9.17) is 9.47 Å². The highest BCUT2D eigenvalue weighted by atomic mass is 16.5. The zero-order chi connectivity index (χ0) is 22.5. The first-order valence-corrected chi connectivity index (χ1v) is 11.8. The molecular weight excluding hydrogens is 400 g/mol. The van der Waals surface area contributed by atoms with E-state index in [1.165, 1.54) is 16.7 Å². The molecule has 0 aromatic heterocycles. The van der Waals surface area contributed by atoms with E-state index >= 15 is 0 Å². The third-order valence-corrected chi connectivity index (χ3v) is 8.44. The number of hydrogen-bond donors (Lipinski definition) is 1. The van der Waals surface area contributed by atoms with Crippen LogP contribution in [0.3, 0.4) is 0 Å². The molecule has 0 spiro atoms. The zero-order valence-corrected chi connectivity index (χ0v) is 19.2. The summed E-state index contributed by atoms with van der Waals surface area (Å²) in [4.78, 5) is 12.2. The Bertz CT molecular complexity index is 1050. The third kappa shape index (κ3) is 3.17. The van der Waals surface area contributed by atoms with Crippen molar-refractivity contribution in [2.75, 3.05) is 13.7 Å². The van der Waals surface area contributed by atoms with Crippen LogP contribution in [0.5, 0.6) is 5.75 Å². The van der Waals surface area contributed by atoms with E-state index in [2.05, 4.69) is 37.0 Å². The smallest absolute Gasteiger partial charge is 0.137 e. The van der Waals surface area contributed by atoms with E-state index in [0.29, 0.717) is 31.7 Å². The number of ketones is 1. The van der Waals surface area contributed by atoms with Gasteiger partial charge in [-0.15, -0.1) is 5.92 Å². The highest BCUT2D eigenvalue weighted by Crippen LogP contribution is 2.61. The molecule has 5 rings (SSSR count). The molecule has 3 fully saturated rings. The molecule has 0 amide bonds. The molecule has 1 N–H and O–H groups in total. The Hall–Kier alpha value is -2.35. The number of carbonyl (C=O) groups is 1. The minimum Gasteiger partial charge on any atom is -0.497 e. The molecule has 32 heavy (non-hydrogen) atoms. The topological polar surface area (TPSA) is 55.8 Å². The van der Waals surface area contributed by atoms with Crippen LogP contribution >= 0.6 is 0 Å². The van der Waals surface area contributed by atoms with Gasteiger partial charge in [0.15, 0.2) is 0 Å². The molecule has 1 aromatic carbocycles. The van der Waals surface area contributed by atoms with Crippen LogP contribution in [-0.2, 0) is 9.53 Å². The van der Waals surface area contributed by atoms with E-state index in [1.807, 2.05) is 12.1 Å². The highest BCUT2D eigenvalue weighted by Gasteiger charge is 2.61. The van der Waals surface area contributed by atoms with E-state index in [0.717, 1.165) is 30.6 Å². The van der Waals surface area contributed by atoms with Gasteiger partial charge in [-0.05, 0) is 78.9 Å². The highest BCUT2D eigenvalue weighted by molar-refractivity contribution is 5.84. The fourth-order valence-electron chi connectivity index (χ4n) is 6.67.